The van der Waals surface area contributed by atoms with E-state index in [1.54, 1.807) is 28.6 Å². The van der Waals surface area contributed by atoms with Gasteiger partial charge in [-0.2, -0.15) is 0 Å². The van der Waals surface area contributed by atoms with Crippen molar-refractivity contribution in [1.29, 1.82) is 0 Å². The van der Waals surface area contributed by atoms with Gasteiger partial charge in [-0.3, -0.25) is 4.31 Å². The summed E-state index contributed by atoms with van der Waals surface area (Å²) in [6.07, 6.45) is 2.70. The van der Waals surface area contributed by atoms with E-state index < -0.39 is 10.0 Å². The third-order valence-corrected chi connectivity index (χ3v) is 8.08. The number of para-hydroxylation sites is 1. The first kappa shape index (κ1) is 22.8. The van der Waals surface area contributed by atoms with Gasteiger partial charge in [-0.25, -0.2) is 8.42 Å². The second-order valence-electron chi connectivity index (χ2n) is 8.42. The molecule has 0 radical (unpaired) electrons. The molecular formula is C26H29ClN2O2S. The summed E-state index contributed by atoms with van der Waals surface area (Å²) in [6.45, 7) is 4.11. The molecule has 0 aliphatic carbocycles. The molecule has 0 bridgehead atoms. The van der Waals surface area contributed by atoms with Gasteiger partial charge in [0.1, 0.15) is 0 Å². The zero-order valence-electron chi connectivity index (χ0n) is 18.5. The van der Waals surface area contributed by atoms with Gasteiger partial charge < -0.3 is 4.90 Å². The Morgan fingerprint density at radius 1 is 1.00 bits per heavy atom. The quantitative estimate of drug-likeness (QED) is 0.423. The Morgan fingerprint density at radius 3 is 2.38 bits per heavy atom. The summed E-state index contributed by atoms with van der Waals surface area (Å²) >= 11 is 6.01. The number of halogens is 1. The van der Waals surface area contributed by atoms with Gasteiger partial charge in [0.05, 0.1) is 16.6 Å². The first-order chi connectivity index (χ1) is 15.4. The van der Waals surface area contributed by atoms with E-state index in [0.717, 1.165) is 49.2 Å². The van der Waals surface area contributed by atoms with Gasteiger partial charge in [-0.1, -0.05) is 61.0 Å². The highest BCUT2D eigenvalue weighted by molar-refractivity contribution is 7.92. The van der Waals surface area contributed by atoms with E-state index in [1.807, 2.05) is 24.3 Å². The van der Waals surface area contributed by atoms with Crippen molar-refractivity contribution in [2.24, 2.45) is 0 Å². The molecule has 0 fully saturated rings. The minimum Gasteiger partial charge on any atom is -0.302 e. The number of sulfonamides is 1. The molecule has 0 amide bonds. The van der Waals surface area contributed by atoms with Crippen LogP contribution in [-0.4, -0.2) is 26.9 Å². The monoisotopic (exact) mass is 468 g/mol. The van der Waals surface area contributed by atoms with Gasteiger partial charge in [0.25, 0.3) is 10.0 Å². The van der Waals surface area contributed by atoms with Gasteiger partial charge >= 0.3 is 0 Å². The lowest BCUT2D eigenvalue weighted by molar-refractivity contribution is 0.327. The average molecular weight is 469 g/mol. The zero-order valence-corrected chi connectivity index (χ0v) is 20.1. The fraction of sp³-hybridized carbons (Fsp3) is 0.308. The lowest BCUT2D eigenvalue weighted by Crippen LogP contribution is -2.38. The summed E-state index contributed by atoms with van der Waals surface area (Å²) in [5.41, 5.74) is 4.05. The SMILES string of the molecule is CCCN(C)Cc1ccc(C2CCc3ccccc3N2S(=O)(=O)c2ccc(Cl)cc2)cc1. The van der Waals surface area contributed by atoms with Crippen LogP contribution in [0.3, 0.4) is 0 Å². The van der Waals surface area contributed by atoms with Crippen molar-refractivity contribution in [3.63, 3.8) is 0 Å². The van der Waals surface area contributed by atoms with Crippen LogP contribution in [0.4, 0.5) is 5.69 Å². The molecule has 4 rings (SSSR count). The van der Waals surface area contributed by atoms with E-state index in [4.69, 9.17) is 11.6 Å². The molecular weight excluding hydrogens is 440 g/mol. The van der Waals surface area contributed by atoms with E-state index in [-0.39, 0.29) is 10.9 Å². The maximum absolute atomic E-state index is 13.8. The maximum atomic E-state index is 13.8. The lowest BCUT2D eigenvalue weighted by Gasteiger charge is -2.38. The number of benzene rings is 3. The Hall–Kier alpha value is -2.34. The van der Waals surface area contributed by atoms with E-state index in [0.29, 0.717) is 5.02 Å². The minimum atomic E-state index is -3.76. The maximum Gasteiger partial charge on any atom is 0.264 e. The minimum absolute atomic E-state index is 0.251. The molecule has 0 saturated carbocycles. The number of fused-ring (bicyclic) bond motifs is 1. The van der Waals surface area contributed by atoms with Crippen LogP contribution in [-0.2, 0) is 23.0 Å². The topological polar surface area (TPSA) is 40.6 Å². The van der Waals surface area contributed by atoms with Crippen molar-refractivity contribution in [2.45, 2.75) is 43.7 Å². The Balaban J connectivity index is 1.72. The Morgan fingerprint density at radius 2 is 1.69 bits per heavy atom. The summed E-state index contributed by atoms with van der Waals surface area (Å²) in [5, 5.41) is 0.517. The smallest absolute Gasteiger partial charge is 0.264 e. The van der Waals surface area contributed by atoms with Crippen molar-refractivity contribution in [1.82, 2.24) is 4.90 Å². The Kier molecular flexibility index (Phi) is 6.89. The predicted molar refractivity (Wildman–Crippen MR) is 132 cm³/mol. The number of nitrogens with zero attached hydrogens (tertiary/aromatic N) is 2. The highest BCUT2D eigenvalue weighted by Gasteiger charge is 2.36. The van der Waals surface area contributed by atoms with Crippen molar-refractivity contribution in [3.05, 3.63) is 94.5 Å². The highest BCUT2D eigenvalue weighted by atomic mass is 35.5. The first-order valence-corrected chi connectivity index (χ1v) is 12.9. The number of aryl methyl sites for hydroxylation is 1. The van der Waals surface area contributed by atoms with E-state index in [2.05, 4.69) is 43.1 Å². The molecule has 3 aromatic carbocycles. The second-order valence-corrected chi connectivity index (χ2v) is 10.7. The molecule has 1 aliphatic rings. The average Bonchev–Trinajstić information content (AvgIpc) is 2.79. The fourth-order valence-corrected chi connectivity index (χ4v) is 6.28. The molecule has 1 heterocycles. The normalized spacial score (nSPS) is 16.2. The van der Waals surface area contributed by atoms with Crippen molar-refractivity contribution >= 4 is 27.3 Å². The Labute approximate surface area is 196 Å². The number of rotatable bonds is 7. The molecule has 1 unspecified atom stereocenters. The van der Waals surface area contributed by atoms with Crippen molar-refractivity contribution in [2.75, 3.05) is 17.9 Å². The molecule has 168 valence electrons. The van der Waals surface area contributed by atoms with Crippen LogP contribution in [0.25, 0.3) is 0 Å². The van der Waals surface area contributed by atoms with E-state index in [9.17, 15) is 8.42 Å². The number of hydrogen-bond acceptors (Lipinski definition) is 3. The van der Waals surface area contributed by atoms with Gasteiger partial charge in [0.15, 0.2) is 0 Å². The van der Waals surface area contributed by atoms with Crippen LogP contribution >= 0.6 is 11.6 Å². The molecule has 0 saturated heterocycles. The highest BCUT2D eigenvalue weighted by Crippen LogP contribution is 2.42. The molecule has 0 N–H and O–H groups in total. The Bertz CT molecular complexity index is 1160. The molecule has 3 aromatic rings. The van der Waals surface area contributed by atoms with E-state index >= 15 is 0 Å². The summed E-state index contributed by atoms with van der Waals surface area (Å²) in [6, 6.07) is 22.4. The zero-order chi connectivity index (χ0) is 22.7. The van der Waals surface area contributed by atoms with E-state index in [1.165, 1.54) is 5.56 Å². The third kappa shape index (κ3) is 4.70. The first-order valence-electron chi connectivity index (χ1n) is 11.1. The molecule has 0 spiro atoms. The van der Waals surface area contributed by atoms with Crippen LogP contribution in [0, 0.1) is 0 Å². The fourth-order valence-electron chi connectivity index (χ4n) is 4.45. The molecule has 1 atom stereocenters. The van der Waals surface area contributed by atoms with Crippen LogP contribution in [0.1, 0.15) is 42.5 Å². The van der Waals surface area contributed by atoms with Crippen LogP contribution in [0.2, 0.25) is 5.02 Å². The van der Waals surface area contributed by atoms with Crippen LogP contribution < -0.4 is 4.31 Å². The molecule has 4 nitrogen and oxygen atoms in total. The van der Waals surface area contributed by atoms with Gasteiger partial charge in [0, 0.05) is 11.6 Å². The van der Waals surface area contributed by atoms with Gasteiger partial charge in [0.2, 0.25) is 0 Å². The van der Waals surface area contributed by atoms with Gasteiger partial charge in [-0.05, 0) is 79.9 Å². The summed E-state index contributed by atoms with van der Waals surface area (Å²) in [7, 11) is -1.64. The number of hydrogen-bond donors (Lipinski definition) is 0. The summed E-state index contributed by atoms with van der Waals surface area (Å²) in [5.74, 6) is 0. The molecule has 32 heavy (non-hydrogen) atoms. The predicted octanol–water partition coefficient (Wildman–Crippen LogP) is 6.06. The standard InChI is InChI=1S/C26H29ClN2O2S/c1-3-18-28(2)19-20-8-10-22(11-9-20)26-17-12-21-6-4-5-7-25(21)29(26)32(30,31)24-15-13-23(27)14-16-24/h4-11,13-16,26H,3,12,17-19H2,1-2H3. The van der Waals surface area contributed by atoms with Crippen molar-refractivity contribution in [3.8, 4) is 0 Å². The molecule has 6 heteroatoms. The summed E-state index contributed by atoms with van der Waals surface area (Å²) < 4.78 is 29.2. The van der Waals surface area contributed by atoms with Crippen LogP contribution in [0.5, 0.6) is 0 Å². The lowest BCUT2D eigenvalue weighted by atomic mass is 9.93. The third-order valence-electron chi connectivity index (χ3n) is 5.99. The second kappa shape index (κ2) is 9.65. The molecule has 1 aliphatic heterocycles. The van der Waals surface area contributed by atoms with Crippen LogP contribution in [0.15, 0.2) is 77.7 Å². The number of anilines is 1. The summed E-state index contributed by atoms with van der Waals surface area (Å²) in [4.78, 5) is 2.55. The van der Waals surface area contributed by atoms with Gasteiger partial charge in [-0.15, -0.1) is 0 Å². The molecule has 0 aromatic heterocycles. The largest absolute Gasteiger partial charge is 0.302 e. The van der Waals surface area contributed by atoms with Crippen molar-refractivity contribution < 1.29 is 8.42 Å².